The van der Waals surface area contributed by atoms with Crippen molar-refractivity contribution in [2.24, 2.45) is 0 Å². The third-order valence-electron chi connectivity index (χ3n) is 4.15. The lowest BCUT2D eigenvalue weighted by molar-refractivity contribution is 0.268. The third-order valence-corrected chi connectivity index (χ3v) is 4.37. The van der Waals surface area contributed by atoms with Gasteiger partial charge in [-0.15, -0.1) is 0 Å². The number of aromatic amines is 1. The van der Waals surface area contributed by atoms with Gasteiger partial charge in [-0.1, -0.05) is 11.6 Å². The van der Waals surface area contributed by atoms with Crippen LogP contribution in [0.15, 0.2) is 12.1 Å². The van der Waals surface area contributed by atoms with Gasteiger partial charge in [0.25, 0.3) is 0 Å². The van der Waals surface area contributed by atoms with E-state index in [9.17, 15) is 0 Å². The average molecular weight is 263 g/mol. The Balaban J connectivity index is 2.15. The lowest BCUT2D eigenvalue weighted by Crippen LogP contribution is -2.33. The number of rotatable bonds is 1. The number of halogens is 1. The van der Waals surface area contributed by atoms with Gasteiger partial charge in [0.15, 0.2) is 0 Å². The normalized spacial score (nSPS) is 19.5. The highest BCUT2D eigenvalue weighted by molar-refractivity contribution is 6.31. The van der Waals surface area contributed by atoms with Crippen LogP contribution in [-0.2, 0) is 12.8 Å². The summed E-state index contributed by atoms with van der Waals surface area (Å²) in [6.07, 6.45) is 3.52. The smallest absolute Gasteiger partial charge is 0.0476 e. The molecule has 96 valence electrons. The first-order valence-corrected chi connectivity index (χ1v) is 6.90. The second kappa shape index (κ2) is 4.29. The monoisotopic (exact) mass is 262 g/mol. The molecule has 2 nitrogen and oxygen atoms in total. The molecule has 1 heterocycles. The summed E-state index contributed by atoms with van der Waals surface area (Å²) in [5.74, 6) is 0. The summed E-state index contributed by atoms with van der Waals surface area (Å²) in [4.78, 5) is 5.89. The summed E-state index contributed by atoms with van der Waals surface area (Å²) in [7, 11) is 4.35. The molecular formula is C15H19ClN2. The predicted molar refractivity (Wildman–Crippen MR) is 77.5 cm³/mol. The Morgan fingerprint density at radius 3 is 2.83 bits per heavy atom. The van der Waals surface area contributed by atoms with Gasteiger partial charge in [-0.05, 0) is 63.5 Å². The highest BCUT2D eigenvalue weighted by Crippen LogP contribution is 2.33. The number of nitrogens with zero attached hydrogens (tertiary/aromatic N) is 1. The van der Waals surface area contributed by atoms with Crippen molar-refractivity contribution in [1.29, 1.82) is 0 Å². The molecule has 3 heteroatoms. The number of fused-ring (bicyclic) bond motifs is 3. The average Bonchev–Trinajstić information content (AvgIpc) is 2.65. The Labute approximate surface area is 113 Å². The Hall–Kier alpha value is -0.990. The molecular weight excluding hydrogens is 244 g/mol. The minimum absolute atomic E-state index is 0.659. The van der Waals surface area contributed by atoms with E-state index < -0.39 is 0 Å². The molecule has 1 N–H and O–H groups in total. The van der Waals surface area contributed by atoms with Crippen molar-refractivity contribution in [3.8, 4) is 0 Å². The maximum atomic E-state index is 6.14. The van der Waals surface area contributed by atoms with Crippen molar-refractivity contribution in [1.82, 2.24) is 9.88 Å². The van der Waals surface area contributed by atoms with Gasteiger partial charge < -0.3 is 9.88 Å². The SMILES string of the molecule is Cc1cc(Cl)cc2[nH]c3c(c12)C[C@@H](N(C)C)CC3. The molecule has 1 aliphatic rings. The van der Waals surface area contributed by atoms with Gasteiger partial charge in [0, 0.05) is 27.7 Å². The molecule has 1 aliphatic carbocycles. The number of hydrogen-bond donors (Lipinski definition) is 1. The molecule has 2 aromatic rings. The van der Waals surface area contributed by atoms with Crippen molar-refractivity contribution in [2.75, 3.05) is 14.1 Å². The Morgan fingerprint density at radius 2 is 2.11 bits per heavy atom. The maximum Gasteiger partial charge on any atom is 0.0476 e. The molecule has 1 aromatic heterocycles. The van der Waals surface area contributed by atoms with Crippen LogP contribution in [0.3, 0.4) is 0 Å². The second-order valence-corrected chi connectivity index (χ2v) is 6.02. The molecule has 18 heavy (non-hydrogen) atoms. The van der Waals surface area contributed by atoms with E-state index in [0.29, 0.717) is 6.04 Å². The zero-order valence-corrected chi connectivity index (χ0v) is 11.9. The summed E-state index contributed by atoms with van der Waals surface area (Å²) < 4.78 is 0. The van der Waals surface area contributed by atoms with Crippen molar-refractivity contribution in [3.05, 3.63) is 34.0 Å². The molecule has 0 bridgehead atoms. The zero-order chi connectivity index (χ0) is 12.9. The first-order chi connectivity index (χ1) is 8.56. The number of hydrogen-bond acceptors (Lipinski definition) is 1. The number of H-pyrrole nitrogens is 1. The highest BCUT2D eigenvalue weighted by atomic mass is 35.5. The summed E-state index contributed by atoms with van der Waals surface area (Å²) in [6.45, 7) is 2.15. The van der Waals surface area contributed by atoms with Gasteiger partial charge >= 0.3 is 0 Å². The molecule has 0 spiro atoms. The third kappa shape index (κ3) is 1.84. The largest absolute Gasteiger partial charge is 0.358 e. The Kier molecular flexibility index (Phi) is 2.87. The van der Waals surface area contributed by atoms with E-state index >= 15 is 0 Å². The van der Waals surface area contributed by atoms with Crippen molar-refractivity contribution in [3.63, 3.8) is 0 Å². The summed E-state index contributed by atoms with van der Waals surface area (Å²) in [5, 5.41) is 2.21. The maximum absolute atomic E-state index is 6.14. The van der Waals surface area contributed by atoms with Gasteiger partial charge in [-0.25, -0.2) is 0 Å². The topological polar surface area (TPSA) is 19.0 Å². The number of aryl methyl sites for hydroxylation is 2. The second-order valence-electron chi connectivity index (χ2n) is 5.59. The zero-order valence-electron chi connectivity index (χ0n) is 11.2. The molecule has 0 saturated heterocycles. The standard InChI is InChI=1S/C15H19ClN2/c1-9-6-10(16)7-14-15(9)12-8-11(18(2)3)4-5-13(12)17-14/h6-7,11,17H,4-5,8H2,1-3H3/t11-/m0/s1. The van der Waals surface area contributed by atoms with Gasteiger partial charge in [-0.3, -0.25) is 0 Å². The fraction of sp³-hybridized carbons (Fsp3) is 0.467. The molecule has 0 saturated carbocycles. The van der Waals surface area contributed by atoms with E-state index in [1.54, 1.807) is 0 Å². The molecule has 0 fully saturated rings. The van der Waals surface area contributed by atoms with Crippen LogP contribution in [-0.4, -0.2) is 30.0 Å². The van der Waals surface area contributed by atoms with Gasteiger partial charge in [-0.2, -0.15) is 0 Å². The first-order valence-electron chi connectivity index (χ1n) is 6.52. The highest BCUT2D eigenvalue weighted by Gasteiger charge is 2.24. The van der Waals surface area contributed by atoms with Crippen LogP contribution in [0.1, 0.15) is 23.2 Å². The molecule has 1 atom stereocenters. The molecule has 0 aliphatic heterocycles. The summed E-state index contributed by atoms with van der Waals surface area (Å²) in [5.41, 5.74) is 5.40. The fourth-order valence-corrected chi connectivity index (χ4v) is 3.43. The molecule has 3 rings (SSSR count). The van der Waals surface area contributed by atoms with Crippen molar-refractivity contribution in [2.45, 2.75) is 32.2 Å². The minimum atomic E-state index is 0.659. The van der Waals surface area contributed by atoms with E-state index in [4.69, 9.17) is 11.6 Å². The minimum Gasteiger partial charge on any atom is -0.358 e. The number of aromatic nitrogens is 1. The molecule has 0 unspecified atom stereocenters. The fourth-order valence-electron chi connectivity index (χ4n) is 3.16. The van der Waals surface area contributed by atoms with Crippen LogP contribution in [0.5, 0.6) is 0 Å². The van der Waals surface area contributed by atoms with Crippen LogP contribution in [0.4, 0.5) is 0 Å². The van der Waals surface area contributed by atoms with E-state index in [2.05, 4.69) is 37.0 Å². The quantitative estimate of drug-likeness (QED) is 0.833. The van der Waals surface area contributed by atoms with E-state index in [1.165, 1.54) is 34.1 Å². The van der Waals surface area contributed by atoms with Crippen LogP contribution >= 0.6 is 11.6 Å². The number of nitrogens with one attached hydrogen (secondary N) is 1. The van der Waals surface area contributed by atoms with E-state index in [1.807, 2.05) is 6.07 Å². The molecule has 1 aromatic carbocycles. The lowest BCUT2D eigenvalue weighted by Gasteiger charge is -2.28. The van der Waals surface area contributed by atoms with Crippen molar-refractivity contribution < 1.29 is 0 Å². The molecule has 0 radical (unpaired) electrons. The predicted octanol–water partition coefficient (Wildman–Crippen LogP) is 3.55. The van der Waals surface area contributed by atoms with Crippen LogP contribution in [0.25, 0.3) is 10.9 Å². The Morgan fingerprint density at radius 1 is 1.33 bits per heavy atom. The van der Waals surface area contributed by atoms with E-state index in [-0.39, 0.29) is 0 Å². The number of likely N-dealkylation sites (N-methyl/N-ethyl adjacent to an activating group) is 1. The number of benzene rings is 1. The van der Waals surface area contributed by atoms with Crippen LogP contribution in [0, 0.1) is 6.92 Å². The summed E-state index contributed by atoms with van der Waals surface area (Å²) in [6, 6.07) is 4.77. The van der Waals surface area contributed by atoms with Crippen LogP contribution in [0.2, 0.25) is 5.02 Å². The lowest BCUT2D eigenvalue weighted by atomic mass is 9.90. The van der Waals surface area contributed by atoms with Crippen LogP contribution < -0.4 is 0 Å². The van der Waals surface area contributed by atoms with Gasteiger partial charge in [0.05, 0.1) is 0 Å². The summed E-state index contributed by atoms with van der Waals surface area (Å²) >= 11 is 6.14. The first kappa shape index (κ1) is 12.1. The molecule has 0 amide bonds. The Bertz CT molecular complexity index is 598. The van der Waals surface area contributed by atoms with Gasteiger partial charge in [0.1, 0.15) is 0 Å². The van der Waals surface area contributed by atoms with Gasteiger partial charge in [0.2, 0.25) is 0 Å². The van der Waals surface area contributed by atoms with E-state index in [0.717, 1.165) is 17.9 Å². The van der Waals surface area contributed by atoms with Crippen molar-refractivity contribution >= 4 is 22.5 Å².